The molecule has 4 rings (SSSR count). The Kier molecular flexibility index (Phi) is 5.28. The zero-order valence-electron chi connectivity index (χ0n) is 17.9. The van der Waals surface area contributed by atoms with Gasteiger partial charge in [-0.05, 0) is 45.7 Å². The molecule has 1 N–H and O–H groups in total. The number of rotatable bonds is 3. The van der Waals surface area contributed by atoms with Crippen molar-refractivity contribution in [1.82, 2.24) is 19.3 Å². The minimum absolute atomic E-state index is 0.0174. The number of hydrogen-bond acceptors (Lipinski definition) is 5. The van der Waals surface area contributed by atoms with E-state index in [1.54, 1.807) is 28.6 Å². The molecule has 0 spiro atoms. The molecule has 3 heterocycles. The molecule has 1 aromatic carbocycles. The molecule has 164 valence electrons. The van der Waals surface area contributed by atoms with Crippen molar-refractivity contribution in [3.63, 3.8) is 0 Å². The standard InChI is InChI=1S/C22H25F2N5O2/c1-13-9-15(17(24)10-16(13)23)18-11-26-19(20-25-6-8-29(18)20)27-14-5-7-28(12-14)21(30)31-22(2,3)4/h6,8-11,14H,5,7,12H2,1-4H3,(H,26,27)/t14-/m0/s1. The Morgan fingerprint density at radius 2 is 2.00 bits per heavy atom. The fourth-order valence-electron chi connectivity index (χ4n) is 3.64. The average molecular weight is 429 g/mol. The van der Waals surface area contributed by atoms with Gasteiger partial charge < -0.3 is 15.0 Å². The Balaban J connectivity index is 1.56. The lowest BCUT2D eigenvalue weighted by Gasteiger charge is -2.24. The van der Waals surface area contributed by atoms with Gasteiger partial charge in [-0.3, -0.25) is 4.40 Å². The summed E-state index contributed by atoms with van der Waals surface area (Å²) < 4.78 is 35.3. The predicted molar refractivity (Wildman–Crippen MR) is 113 cm³/mol. The highest BCUT2D eigenvalue weighted by atomic mass is 19.1. The van der Waals surface area contributed by atoms with Crippen molar-refractivity contribution in [2.24, 2.45) is 0 Å². The number of ether oxygens (including phenoxy) is 1. The van der Waals surface area contributed by atoms with Crippen LogP contribution in [0.5, 0.6) is 0 Å². The van der Waals surface area contributed by atoms with Gasteiger partial charge in [-0.15, -0.1) is 0 Å². The van der Waals surface area contributed by atoms with E-state index in [4.69, 9.17) is 4.74 Å². The van der Waals surface area contributed by atoms with Crippen LogP contribution in [0.2, 0.25) is 0 Å². The fourth-order valence-corrected chi connectivity index (χ4v) is 3.64. The third kappa shape index (κ3) is 4.30. The number of aryl methyl sites for hydroxylation is 1. The van der Waals surface area contributed by atoms with Gasteiger partial charge in [0.05, 0.1) is 11.9 Å². The molecule has 1 fully saturated rings. The molecule has 1 atom stereocenters. The fraction of sp³-hybridized carbons (Fsp3) is 0.409. The summed E-state index contributed by atoms with van der Waals surface area (Å²) in [6, 6.07) is 2.32. The second-order valence-corrected chi connectivity index (χ2v) is 8.75. The molecule has 1 amide bonds. The number of nitrogens with zero attached hydrogens (tertiary/aromatic N) is 4. The first-order valence-corrected chi connectivity index (χ1v) is 10.1. The first-order chi connectivity index (χ1) is 14.6. The van der Waals surface area contributed by atoms with E-state index in [2.05, 4.69) is 15.3 Å². The Bertz CT molecular complexity index is 1140. The largest absolute Gasteiger partial charge is 0.444 e. The molecule has 9 heteroatoms. The normalized spacial score (nSPS) is 16.7. The van der Waals surface area contributed by atoms with Crippen molar-refractivity contribution in [3.05, 3.63) is 47.9 Å². The summed E-state index contributed by atoms with van der Waals surface area (Å²) >= 11 is 0. The smallest absolute Gasteiger partial charge is 0.410 e. The van der Waals surface area contributed by atoms with E-state index < -0.39 is 17.2 Å². The molecule has 1 saturated heterocycles. The lowest BCUT2D eigenvalue weighted by molar-refractivity contribution is 0.0293. The van der Waals surface area contributed by atoms with E-state index in [1.807, 2.05) is 20.8 Å². The third-order valence-electron chi connectivity index (χ3n) is 5.13. The van der Waals surface area contributed by atoms with Crippen molar-refractivity contribution in [1.29, 1.82) is 0 Å². The molecule has 31 heavy (non-hydrogen) atoms. The van der Waals surface area contributed by atoms with Gasteiger partial charge in [0.1, 0.15) is 17.2 Å². The van der Waals surface area contributed by atoms with Crippen LogP contribution in [0.4, 0.5) is 19.4 Å². The second-order valence-electron chi connectivity index (χ2n) is 8.75. The van der Waals surface area contributed by atoms with E-state index in [9.17, 15) is 13.6 Å². The van der Waals surface area contributed by atoms with Gasteiger partial charge in [0, 0.05) is 43.2 Å². The summed E-state index contributed by atoms with van der Waals surface area (Å²) in [5.74, 6) is -0.724. The maximum atomic E-state index is 14.4. The number of nitrogens with one attached hydrogen (secondary N) is 1. The van der Waals surface area contributed by atoms with Gasteiger partial charge in [-0.2, -0.15) is 0 Å². The molecule has 0 aliphatic carbocycles. The number of likely N-dealkylation sites (tertiary alicyclic amines) is 1. The van der Waals surface area contributed by atoms with Crippen LogP contribution >= 0.6 is 0 Å². The summed E-state index contributed by atoms with van der Waals surface area (Å²) in [6.07, 6.45) is 5.24. The lowest BCUT2D eigenvalue weighted by atomic mass is 10.1. The zero-order chi connectivity index (χ0) is 22.3. The topological polar surface area (TPSA) is 71.8 Å². The number of anilines is 1. The third-order valence-corrected chi connectivity index (χ3v) is 5.13. The van der Waals surface area contributed by atoms with E-state index in [1.165, 1.54) is 12.3 Å². The number of benzene rings is 1. The highest BCUT2D eigenvalue weighted by Crippen LogP contribution is 2.28. The molecule has 2 aromatic heterocycles. The molecule has 0 radical (unpaired) electrons. The highest BCUT2D eigenvalue weighted by Gasteiger charge is 2.30. The van der Waals surface area contributed by atoms with E-state index >= 15 is 0 Å². The summed E-state index contributed by atoms with van der Waals surface area (Å²) in [7, 11) is 0. The van der Waals surface area contributed by atoms with Crippen molar-refractivity contribution in [2.45, 2.75) is 45.8 Å². The van der Waals surface area contributed by atoms with Gasteiger partial charge in [-0.1, -0.05) is 0 Å². The van der Waals surface area contributed by atoms with Crippen LogP contribution in [0, 0.1) is 18.6 Å². The minimum atomic E-state index is -0.663. The molecular weight excluding hydrogens is 404 g/mol. The maximum Gasteiger partial charge on any atom is 0.410 e. The number of amides is 1. The van der Waals surface area contributed by atoms with Gasteiger partial charge in [0.15, 0.2) is 11.5 Å². The number of halogens is 2. The summed E-state index contributed by atoms with van der Waals surface area (Å²) in [5, 5.41) is 3.33. The van der Waals surface area contributed by atoms with Crippen molar-refractivity contribution < 1.29 is 18.3 Å². The van der Waals surface area contributed by atoms with Gasteiger partial charge >= 0.3 is 6.09 Å². The molecule has 1 aliphatic heterocycles. The van der Waals surface area contributed by atoms with Crippen LogP contribution in [0.1, 0.15) is 32.8 Å². The number of hydrogen-bond donors (Lipinski definition) is 1. The Hall–Kier alpha value is -3.23. The Morgan fingerprint density at radius 1 is 1.23 bits per heavy atom. The number of carbonyl (C=O) groups excluding carboxylic acids is 1. The highest BCUT2D eigenvalue weighted by molar-refractivity contribution is 5.72. The number of carbonyl (C=O) groups is 1. The van der Waals surface area contributed by atoms with Crippen LogP contribution in [0.15, 0.2) is 30.7 Å². The SMILES string of the molecule is Cc1cc(-c2cnc(N[C@H]3CCN(C(=O)OC(C)(C)C)C3)c3nccn23)c(F)cc1F. The quantitative estimate of drug-likeness (QED) is 0.668. The summed E-state index contributed by atoms with van der Waals surface area (Å²) in [5.41, 5.74) is 1.05. The molecular formula is C22H25F2N5O2. The van der Waals surface area contributed by atoms with E-state index in [0.29, 0.717) is 35.8 Å². The van der Waals surface area contributed by atoms with Crippen molar-refractivity contribution in [3.8, 4) is 11.3 Å². The molecule has 0 unspecified atom stereocenters. The second kappa shape index (κ2) is 7.79. The van der Waals surface area contributed by atoms with Crippen LogP contribution in [0.3, 0.4) is 0 Å². The predicted octanol–water partition coefficient (Wildman–Crippen LogP) is 4.40. The molecule has 1 aliphatic rings. The first kappa shape index (κ1) is 21.0. The van der Waals surface area contributed by atoms with Gasteiger partial charge in [0.25, 0.3) is 0 Å². The van der Waals surface area contributed by atoms with Crippen molar-refractivity contribution >= 4 is 17.6 Å². The first-order valence-electron chi connectivity index (χ1n) is 10.1. The maximum absolute atomic E-state index is 14.4. The van der Waals surface area contributed by atoms with Crippen LogP contribution in [0.25, 0.3) is 16.9 Å². The number of aromatic nitrogens is 3. The van der Waals surface area contributed by atoms with E-state index in [-0.39, 0.29) is 17.7 Å². The molecule has 7 nitrogen and oxygen atoms in total. The number of fused-ring (bicyclic) bond motifs is 1. The van der Waals surface area contributed by atoms with Crippen LogP contribution in [-0.4, -0.2) is 50.1 Å². The molecule has 3 aromatic rings. The minimum Gasteiger partial charge on any atom is -0.444 e. The Labute approximate surface area is 179 Å². The Morgan fingerprint density at radius 3 is 2.74 bits per heavy atom. The average Bonchev–Trinajstić information content (AvgIpc) is 3.34. The molecule has 0 saturated carbocycles. The zero-order valence-corrected chi connectivity index (χ0v) is 17.9. The monoisotopic (exact) mass is 429 g/mol. The van der Waals surface area contributed by atoms with Crippen LogP contribution in [-0.2, 0) is 4.74 Å². The molecule has 0 bridgehead atoms. The van der Waals surface area contributed by atoms with Gasteiger partial charge in [0.2, 0.25) is 0 Å². The van der Waals surface area contributed by atoms with Crippen molar-refractivity contribution in [2.75, 3.05) is 18.4 Å². The van der Waals surface area contributed by atoms with Crippen LogP contribution < -0.4 is 5.32 Å². The number of imidazole rings is 1. The summed E-state index contributed by atoms with van der Waals surface area (Å²) in [6.45, 7) is 8.16. The lowest BCUT2D eigenvalue weighted by Crippen LogP contribution is -2.36. The van der Waals surface area contributed by atoms with Gasteiger partial charge in [-0.25, -0.2) is 23.5 Å². The van der Waals surface area contributed by atoms with E-state index in [0.717, 1.165) is 12.5 Å². The summed E-state index contributed by atoms with van der Waals surface area (Å²) in [4.78, 5) is 22.8.